The summed E-state index contributed by atoms with van der Waals surface area (Å²) < 4.78 is 2.30. The highest BCUT2D eigenvalue weighted by Gasteiger charge is 2.23. The second-order valence-corrected chi connectivity index (χ2v) is 5.71. The Labute approximate surface area is 123 Å². The molecule has 7 heteroatoms. The van der Waals surface area contributed by atoms with Crippen molar-refractivity contribution in [1.29, 1.82) is 5.26 Å². The summed E-state index contributed by atoms with van der Waals surface area (Å²) in [5.74, 6) is -0.299. The van der Waals surface area contributed by atoms with Crippen molar-refractivity contribution in [2.45, 2.75) is 25.9 Å². The Morgan fingerprint density at radius 3 is 2.90 bits per heavy atom. The van der Waals surface area contributed by atoms with Crippen LogP contribution in [0.25, 0.3) is 0 Å². The van der Waals surface area contributed by atoms with E-state index in [1.165, 1.54) is 15.9 Å². The van der Waals surface area contributed by atoms with Crippen LogP contribution in [0.4, 0.5) is 0 Å². The van der Waals surface area contributed by atoms with Crippen molar-refractivity contribution in [3.8, 4) is 6.07 Å². The summed E-state index contributed by atoms with van der Waals surface area (Å²) in [6.45, 7) is 0.156. The maximum Gasteiger partial charge on any atom is 0.331 e. The van der Waals surface area contributed by atoms with Gasteiger partial charge in [0.25, 0.3) is 5.56 Å². The quantitative estimate of drug-likeness (QED) is 0.784. The Hall–Kier alpha value is -2.46. The third-order valence-electron chi connectivity index (χ3n) is 3.54. The first-order chi connectivity index (χ1) is 10.1. The number of hydrogen-bond donors (Lipinski definition) is 0. The first-order valence-corrected chi connectivity index (χ1v) is 7.34. The Morgan fingerprint density at radius 1 is 1.43 bits per heavy atom. The van der Waals surface area contributed by atoms with Crippen LogP contribution in [0.3, 0.4) is 0 Å². The van der Waals surface area contributed by atoms with Crippen LogP contribution in [-0.2, 0) is 19.5 Å². The zero-order valence-electron chi connectivity index (χ0n) is 11.0. The number of fused-ring (bicyclic) bond motifs is 1. The van der Waals surface area contributed by atoms with E-state index in [4.69, 9.17) is 5.26 Å². The molecule has 0 radical (unpaired) electrons. The predicted octanol–water partition coefficient (Wildman–Crippen LogP) is 0.772. The van der Waals surface area contributed by atoms with Crippen LogP contribution in [0.2, 0.25) is 0 Å². The van der Waals surface area contributed by atoms with Crippen LogP contribution >= 0.6 is 11.3 Å². The minimum Gasteiger partial charge on any atom is -0.296 e. The third kappa shape index (κ3) is 2.14. The van der Waals surface area contributed by atoms with Gasteiger partial charge in [-0.05, 0) is 24.3 Å². The Bertz CT molecular complexity index is 869. The average Bonchev–Trinajstić information content (AvgIpc) is 3.14. The van der Waals surface area contributed by atoms with Gasteiger partial charge < -0.3 is 0 Å². The smallest absolute Gasteiger partial charge is 0.296 e. The summed E-state index contributed by atoms with van der Waals surface area (Å²) in [5.41, 5.74) is -0.699. The molecule has 0 spiro atoms. The van der Waals surface area contributed by atoms with E-state index in [-0.39, 0.29) is 17.9 Å². The van der Waals surface area contributed by atoms with Crippen molar-refractivity contribution in [2.75, 3.05) is 0 Å². The van der Waals surface area contributed by atoms with Crippen LogP contribution in [0.1, 0.15) is 27.3 Å². The number of Topliss-reactive ketones (excluding diaryl/α,β-unsaturated/α-hetero) is 1. The van der Waals surface area contributed by atoms with E-state index in [0.29, 0.717) is 23.5 Å². The van der Waals surface area contributed by atoms with Crippen LogP contribution in [0, 0.1) is 11.3 Å². The van der Waals surface area contributed by atoms with Crippen molar-refractivity contribution in [3.63, 3.8) is 0 Å². The molecular weight excluding hydrogens is 290 g/mol. The summed E-state index contributed by atoms with van der Waals surface area (Å²) in [5, 5.41) is 10.9. The molecule has 1 aliphatic rings. The van der Waals surface area contributed by atoms with Gasteiger partial charge in [-0.25, -0.2) is 4.79 Å². The maximum absolute atomic E-state index is 12.3. The number of hydrogen-bond acceptors (Lipinski definition) is 5. The first-order valence-electron chi connectivity index (χ1n) is 6.47. The van der Waals surface area contributed by atoms with Gasteiger partial charge in [0.1, 0.15) is 11.6 Å². The number of carbonyl (C=O) groups is 1. The van der Waals surface area contributed by atoms with E-state index in [1.54, 1.807) is 17.5 Å². The third-order valence-corrected chi connectivity index (χ3v) is 4.45. The zero-order chi connectivity index (χ0) is 15.0. The van der Waals surface area contributed by atoms with Gasteiger partial charge in [-0.1, -0.05) is 6.07 Å². The maximum atomic E-state index is 12.3. The fraction of sp³-hybridized carbons (Fsp3) is 0.286. The number of aromatic nitrogens is 2. The van der Waals surface area contributed by atoms with E-state index in [1.807, 2.05) is 6.07 Å². The molecule has 106 valence electrons. The van der Waals surface area contributed by atoms with E-state index >= 15 is 0 Å². The Balaban J connectivity index is 2.12. The highest BCUT2D eigenvalue weighted by molar-refractivity contribution is 7.12. The molecule has 0 unspecified atom stereocenters. The summed E-state index contributed by atoms with van der Waals surface area (Å²) in [4.78, 5) is 37.2. The van der Waals surface area contributed by atoms with Gasteiger partial charge >= 0.3 is 5.69 Å². The topological polar surface area (TPSA) is 84.9 Å². The lowest BCUT2D eigenvalue weighted by Crippen LogP contribution is -2.43. The number of thiophene rings is 1. The standard InChI is InChI=1S/C14H11N3O3S/c15-7-9-10-3-1-5-16(10)14(20)17(13(9)19)8-11(18)12-4-2-6-21-12/h2,4,6H,1,3,5,8H2. The van der Waals surface area contributed by atoms with E-state index in [9.17, 15) is 14.4 Å². The van der Waals surface area contributed by atoms with E-state index in [0.717, 1.165) is 11.0 Å². The minimum absolute atomic E-state index is 0.0221. The molecule has 6 nitrogen and oxygen atoms in total. The summed E-state index contributed by atoms with van der Waals surface area (Å²) >= 11 is 1.26. The summed E-state index contributed by atoms with van der Waals surface area (Å²) in [6, 6.07) is 5.25. The van der Waals surface area contributed by atoms with Crippen molar-refractivity contribution < 1.29 is 4.79 Å². The van der Waals surface area contributed by atoms with Crippen LogP contribution in [0.5, 0.6) is 0 Å². The molecule has 3 heterocycles. The van der Waals surface area contributed by atoms with Gasteiger partial charge in [-0.15, -0.1) is 11.3 Å². The van der Waals surface area contributed by atoms with Crippen LogP contribution < -0.4 is 11.2 Å². The lowest BCUT2D eigenvalue weighted by atomic mass is 10.2. The van der Waals surface area contributed by atoms with Gasteiger partial charge in [-0.3, -0.25) is 18.7 Å². The summed E-state index contributed by atoms with van der Waals surface area (Å²) in [6.07, 6.45) is 1.28. The van der Waals surface area contributed by atoms with Crippen molar-refractivity contribution in [3.05, 3.63) is 54.5 Å². The number of rotatable bonds is 3. The van der Waals surface area contributed by atoms with Gasteiger partial charge in [0, 0.05) is 12.2 Å². The molecular formula is C14H11N3O3S. The van der Waals surface area contributed by atoms with E-state index in [2.05, 4.69) is 0 Å². The molecule has 3 rings (SSSR count). The molecule has 0 saturated heterocycles. The van der Waals surface area contributed by atoms with Gasteiger partial charge in [-0.2, -0.15) is 5.26 Å². The van der Waals surface area contributed by atoms with Gasteiger partial charge in [0.05, 0.1) is 11.4 Å². The fourth-order valence-electron chi connectivity index (χ4n) is 2.55. The lowest BCUT2D eigenvalue weighted by molar-refractivity contribution is 0.0972. The van der Waals surface area contributed by atoms with Crippen LogP contribution in [-0.4, -0.2) is 14.9 Å². The highest BCUT2D eigenvalue weighted by atomic mass is 32.1. The second kappa shape index (κ2) is 5.14. The molecule has 0 atom stereocenters. The molecule has 0 aliphatic carbocycles. The summed E-state index contributed by atoms with van der Waals surface area (Å²) in [7, 11) is 0. The molecule has 1 aliphatic heterocycles. The number of nitrogens with zero attached hydrogens (tertiary/aromatic N) is 3. The monoisotopic (exact) mass is 301 g/mol. The van der Waals surface area contributed by atoms with Gasteiger partial charge in [0.2, 0.25) is 0 Å². The number of carbonyl (C=O) groups excluding carboxylic acids is 1. The highest BCUT2D eigenvalue weighted by Crippen LogP contribution is 2.14. The van der Waals surface area contributed by atoms with Crippen LogP contribution in [0.15, 0.2) is 27.1 Å². The SMILES string of the molecule is N#Cc1c2n(c(=O)n(CC(=O)c3cccs3)c1=O)CCC2. The second-order valence-electron chi connectivity index (χ2n) is 4.76. The van der Waals surface area contributed by atoms with Crippen molar-refractivity contribution in [2.24, 2.45) is 0 Å². The number of nitriles is 1. The Morgan fingerprint density at radius 2 is 2.24 bits per heavy atom. The average molecular weight is 301 g/mol. The molecule has 0 bridgehead atoms. The molecule has 0 N–H and O–H groups in total. The molecule has 0 amide bonds. The molecule has 0 fully saturated rings. The fourth-order valence-corrected chi connectivity index (χ4v) is 3.20. The lowest BCUT2D eigenvalue weighted by Gasteiger charge is -2.09. The largest absolute Gasteiger partial charge is 0.331 e. The minimum atomic E-state index is -0.666. The van der Waals surface area contributed by atoms with Crippen molar-refractivity contribution >= 4 is 17.1 Å². The predicted molar refractivity (Wildman–Crippen MR) is 76.6 cm³/mol. The molecule has 21 heavy (non-hydrogen) atoms. The zero-order valence-corrected chi connectivity index (χ0v) is 11.9. The molecule has 2 aromatic rings. The normalized spacial score (nSPS) is 12.9. The first kappa shape index (κ1) is 13.5. The molecule has 0 aromatic carbocycles. The van der Waals surface area contributed by atoms with E-state index < -0.39 is 11.2 Å². The van der Waals surface area contributed by atoms with Gasteiger partial charge in [0.15, 0.2) is 5.78 Å². The molecule has 0 saturated carbocycles. The molecule has 2 aromatic heterocycles. The number of ketones is 1. The van der Waals surface area contributed by atoms with Crippen molar-refractivity contribution in [1.82, 2.24) is 9.13 Å². The Kier molecular flexibility index (Phi) is 3.31.